The maximum Gasteiger partial charge on any atom is 0.227 e. The number of carbonyl (C=O) groups is 1. The normalized spacial score (nSPS) is 24.7. The molecule has 0 spiro atoms. The summed E-state index contributed by atoms with van der Waals surface area (Å²) in [6, 6.07) is 21.3. The molecule has 0 saturated carbocycles. The Morgan fingerprint density at radius 3 is 2.48 bits per heavy atom. The summed E-state index contributed by atoms with van der Waals surface area (Å²) in [5.74, 6) is 0.219. The van der Waals surface area contributed by atoms with Gasteiger partial charge in [0.05, 0.1) is 12.5 Å². The monoisotopic (exact) mass is 364 g/mol. The average Bonchev–Trinajstić information content (AvgIpc) is 3.31. The maximum absolute atomic E-state index is 13.4. The molecule has 2 aliphatic rings. The highest BCUT2D eigenvalue weighted by molar-refractivity contribution is 5.80. The highest BCUT2D eigenvalue weighted by atomic mass is 16.3. The van der Waals surface area contributed by atoms with Crippen molar-refractivity contribution in [1.82, 2.24) is 9.80 Å². The molecule has 4 heteroatoms. The van der Waals surface area contributed by atoms with Gasteiger partial charge in [0.25, 0.3) is 0 Å². The van der Waals surface area contributed by atoms with Crippen LogP contribution in [-0.4, -0.2) is 46.6 Å². The van der Waals surface area contributed by atoms with E-state index < -0.39 is 0 Å². The van der Waals surface area contributed by atoms with Crippen molar-refractivity contribution < 1.29 is 9.90 Å². The lowest BCUT2D eigenvalue weighted by molar-refractivity contribution is -0.137. The van der Waals surface area contributed by atoms with Gasteiger partial charge < -0.3 is 10.0 Å². The standard InChI is InChI=1S/C23H28N2O2/c26-15-14-24(17-18-8-3-1-4-9-18)23(27)20-16-22(19-10-5-2-6-11-19)25-13-7-12-21(20)25/h1-6,8-11,20-22,26H,7,12-17H2/t20-,21+,22-/m0/s1. The Bertz CT molecular complexity index is 749. The van der Waals surface area contributed by atoms with E-state index in [-0.39, 0.29) is 18.4 Å². The molecule has 1 N–H and O–H groups in total. The number of nitrogens with zero attached hydrogens (tertiary/aromatic N) is 2. The quantitative estimate of drug-likeness (QED) is 0.856. The van der Waals surface area contributed by atoms with Crippen molar-refractivity contribution >= 4 is 5.91 Å². The first-order valence-electron chi connectivity index (χ1n) is 10.0. The van der Waals surface area contributed by atoms with Crippen LogP contribution in [0.1, 0.15) is 36.4 Å². The number of aliphatic hydroxyl groups excluding tert-OH is 1. The topological polar surface area (TPSA) is 43.8 Å². The molecule has 2 heterocycles. The summed E-state index contributed by atoms with van der Waals surface area (Å²) >= 11 is 0. The summed E-state index contributed by atoms with van der Waals surface area (Å²) in [5.41, 5.74) is 2.43. The first kappa shape index (κ1) is 18.2. The number of benzene rings is 2. The molecule has 0 unspecified atom stereocenters. The number of hydrogen-bond donors (Lipinski definition) is 1. The van der Waals surface area contributed by atoms with Crippen LogP contribution in [0.4, 0.5) is 0 Å². The lowest BCUT2D eigenvalue weighted by Crippen LogP contribution is -2.41. The Labute approximate surface area is 161 Å². The minimum atomic E-state index is 0.00177. The van der Waals surface area contributed by atoms with Crippen LogP contribution in [0.3, 0.4) is 0 Å². The van der Waals surface area contributed by atoms with Crippen LogP contribution in [0.15, 0.2) is 60.7 Å². The van der Waals surface area contributed by atoms with Crippen molar-refractivity contribution in [3.63, 3.8) is 0 Å². The Morgan fingerprint density at radius 2 is 1.78 bits per heavy atom. The Morgan fingerprint density at radius 1 is 1.07 bits per heavy atom. The lowest BCUT2D eigenvalue weighted by Gasteiger charge is -2.28. The molecule has 0 aromatic heterocycles. The molecule has 2 saturated heterocycles. The van der Waals surface area contributed by atoms with Gasteiger partial charge in [-0.05, 0) is 36.9 Å². The first-order chi connectivity index (χ1) is 13.3. The van der Waals surface area contributed by atoms with E-state index in [1.54, 1.807) is 0 Å². The van der Waals surface area contributed by atoms with Crippen LogP contribution >= 0.6 is 0 Å². The molecular formula is C23H28N2O2. The van der Waals surface area contributed by atoms with E-state index in [4.69, 9.17) is 0 Å². The van der Waals surface area contributed by atoms with Crippen molar-refractivity contribution in [2.75, 3.05) is 19.7 Å². The van der Waals surface area contributed by atoms with Gasteiger partial charge in [0, 0.05) is 25.2 Å². The molecule has 2 aromatic rings. The van der Waals surface area contributed by atoms with Crippen LogP contribution in [0.5, 0.6) is 0 Å². The predicted octanol–water partition coefficient (Wildman–Crippen LogP) is 3.23. The highest BCUT2D eigenvalue weighted by Crippen LogP contribution is 2.45. The van der Waals surface area contributed by atoms with Crippen molar-refractivity contribution in [1.29, 1.82) is 0 Å². The summed E-state index contributed by atoms with van der Waals surface area (Å²) in [7, 11) is 0. The van der Waals surface area contributed by atoms with Gasteiger partial charge in [-0.15, -0.1) is 0 Å². The fourth-order valence-corrected chi connectivity index (χ4v) is 4.86. The molecule has 2 aromatic carbocycles. The van der Waals surface area contributed by atoms with E-state index in [1.807, 2.05) is 41.3 Å². The predicted molar refractivity (Wildman–Crippen MR) is 106 cm³/mol. The third-order valence-corrected chi connectivity index (χ3v) is 6.08. The van der Waals surface area contributed by atoms with Gasteiger partial charge in [-0.25, -0.2) is 0 Å². The van der Waals surface area contributed by atoms with Gasteiger partial charge in [-0.2, -0.15) is 0 Å². The fourth-order valence-electron chi connectivity index (χ4n) is 4.86. The highest BCUT2D eigenvalue weighted by Gasteiger charge is 2.48. The van der Waals surface area contributed by atoms with Crippen LogP contribution in [0.25, 0.3) is 0 Å². The van der Waals surface area contributed by atoms with Gasteiger partial charge in [0.15, 0.2) is 0 Å². The second-order valence-corrected chi connectivity index (χ2v) is 7.69. The molecule has 4 rings (SSSR count). The molecule has 0 radical (unpaired) electrons. The minimum absolute atomic E-state index is 0.00177. The van der Waals surface area contributed by atoms with Crippen LogP contribution in [0, 0.1) is 5.92 Å². The SMILES string of the molecule is O=C([C@H]1C[C@@H](c2ccccc2)N2CCC[C@H]12)N(CCO)Cc1ccccc1. The Kier molecular flexibility index (Phi) is 5.55. The van der Waals surface area contributed by atoms with E-state index in [0.717, 1.165) is 31.4 Å². The van der Waals surface area contributed by atoms with Gasteiger partial charge in [0.2, 0.25) is 5.91 Å². The molecule has 2 fully saturated rings. The molecular weight excluding hydrogens is 336 g/mol. The zero-order chi connectivity index (χ0) is 18.6. The second kappa shape index (κ2) is 8.24. The summed E-state index contributed by atoms with van der Waals surface area (Å²) < 4.78 is 0. The third-order valence-electron chi connectivity index (χ3n) is 6.08. The summed E-state index contributed by atoms with van der Waals surface area (Å²) in [6.07, 6.45) is 3.14. The second-order valence-electron chi connectivity index (χ2n) is 7.69. The molecule has 2 aliphatic heterocycles. The van der Waals surface area contributed by atoms with Gasteiger partial charge in [0.1, 0.15) is 0 Å². The maximum atomic E-state index is 13.4. The van der Waals surface area contributed by atoms with Crippen molar-refractivity contribution in [3.05, 3.63) is 71.8 Å². The fraction of sp³-hybridized carbons (Fsp3) is 0.435. The van der Waals surface area contributed by atoms with Crippen LogP contribution < -0.4 is 0 Å². The number of carbonyl (C=O) groups excluding carboxylic acids is 1. The Hall–Kier alpha value is -2.17. The molecule has 0 aliphatic carbocycles. The van der Waals surface area contributed by atoms with E-state index >= 15 is 0 Å². The average molecular weight is 364 g/mol. The first-order valence-corrected chi connectivity index (χ1v) is 10.0. The molecule has 3 atom stereocenters. The third kappa shape index (κ3) is 3.78. The van der Waals surface area contributed by atoms with Gasteiger partial charge in [-0.1, -0.05) is 60.7 Å². The van der Waals surface area contributed by atoms with E-state index in [9.17, 15) is 9.90 Å². The lowest BCUT2D eigenvalue weighted by atomic mass is 9.93. The molecule has 27 heavy (non-hydrogen) atoms. The molecule has 0 bridgehead atoms. The van der Waals surface area contributed by atoms with Crippen molar-refractivity contribution in [3.8, 4) is 0 Å². The number of rotatable bonds is 6. The molecule has 142 valence electrons. The largest absolute Gasteiger partial charge is 0.395 e. The smallest absolute Gasteiger partial charge is 0.227 e. The molecule has 1 amide bonds. The van der Waals surface area contributed by atoms with E-state index in [1.165, 1.54) is 5.56 Å². The van der Waals surface area contributed by atoms with Gasteiger partial charge in [-0.3, -0.25) is 9.69 Å². The number of hydrogen-bond acceptors (Lipinski definition) is 3. The zero-order valence-electron chi connectivity index (χ0n) is 15.7. The molecule has 4 nitrogen and oxygen atoms in total. The Balaban J connectivity index is 1.54. The number of aliphatic hydroxyl groups is 1. The van der Waals surface area contributed by atoms with Crippen LogP contribution in [0.2, 0.25) is 0 Å². The van der Waals surface area contributed by atoms with Crippen molar-refractivity contribution in [2.45, 2.75) is 37.9 Å². The summed E-state index contributed by atoms with van der Waals surface area (Å²) in [6.45, 7) is 2.04. The van der Waals surface area contributed by atoms with E-state index in [2.05, 4.69) is 29.2 Å². The van der Waals surface area contributed by atoms with E-state index in [0.29, 0.717) is 25.2 Å². The van der Waals surface area contributed by atoms with Crippen LogP contribution in [-0.2, 0) is 11.3 Å². The zero-order valence-corrected chi connectivity index (χ0v) is 15.7. The summed E-state index contributed by atoms with van der Waals surface area (Å²) in [5, 5.41) is 9.52. The minimum Gasteiger partial charge on any atom is -0.395 e. The van der Waals surface area contributed by atoms with Gasteiger partial charge >= 0.3 is 0 Å². The number of amides is 1. The van der Waals surface area contributed by atoms with Crippen molar-refractivity contribution in [2.24, 2.45) is 5.92 Å². The number of fused-ring (bicyclic) bond motifs is 1. The summed E-state index contributed by atoms with van der Waals surface area (Å²) in [4.78, 5) is 17.8.